The van der Waals surface area contributed by atoms with Crippen LogP contribution in [0.15, 0.2) is 72.8 Å². The Balaban J connectivity index is 1.45. The Morgan fingerprint density at radius 2 is 1.71 bits per heavy atom. The Bertz CT molecular complexity index is 1060. The molecular weight excluding hydrogens is 384 g/mol. The molecule has 1 aliphatic heterocycles. The summed E-state index contributed by atoms with van der Waals surface area (Å²) in [5, 5.41) is 5.63. The molecule has 31 heavy (non-hydrogen) atoms. The number of amides is 2. The molecule has 2 amide bonds. The van der Waals surface area contributed by atoms with Gasteiger partial charge in [-0.2, -0.15) is 0 Å². The van der Waals surface area contributed by atoms with Crippen molar-refractivity contribution < 1.29 is 9.59 Å². The van der Waals surface area contributed by atoms with E-state index in [1.807, 2.05) is 54.3 Å². The lowest BCUT2D eigenvalue weighted by molar-refractivity contribution is -0.132. The Hall–Kier alpha value is -3.14. The van der Waals surface area contributed by atoms with Crippen molar-refractivity contribution in [3.63, 3.8) is 0 Å². The molecule has 0 radical (unpaired) electrons. The van der Waals surface area contributed by atoms with Crippen LogP contribution in [-0.2, 0) is 22.6 Å². The number of carbonyl (C=O) groups is 2. The first-order valence-electron chi connectivity index (χ1n) is 11.2. The molecule has 3 aromatic carbocycles. The smallest absolute Gasteiger partial charge is 0.222 e. The van der Waals surface area contributed by atoms with Crippen molar-refractivity contribution in [1.29, 1.82) is 0 Å². The van der Waals surface area contributed by atoms with Crippen LogP contribution in [0.4, 0.5) is 0 Å². The van der Waals surface area contributed by atoms with Gasteiger partial charge in [0, 0.05) is 31.5 Å². The average molecular weight is 415 g/mol. The summed E-state index contributed by atoms with van der Waals surface area (Å²) < 4.78 is 0. The van der Waals surface area contributed by atoms with Crippen LogP contribution in [0.5, 0.6) is 0 Å². The molecule has 160 valence electrons. The third-order valence-electron chi connectivity index (χ3n) is 6.36. The molecule has 0 spiro atoms. The third kappa shape index (κ3) is 5.13. The van der Waals surface area contributed by atoms with Gasteiger partial charge < -0.3 is 10.2 Å². The lowest BCUT2D eigenvalue weighted by Gasteiger charge is -2.31. The number of hydrogen-bond acceptors (Lipinski definition) is 2. The fourth-order valence-electron chi connectivity index (χ4n) is 4.61. The zero-order chi connectivity index (χ0) is 21.7. The fraction of sp³-hybridized carbons (Fsp3) is 0.333. The Kier molecular flexibility index (Phi) is 6.36. The van der Waals surface area contributed by atoms with Crippen molar-refractivity contribution in [3.8, 4) is 0 Å². The molecule has 1 saturated heterocycles. The van der Waals surface area contributed by atoms with Crippen LogP contribution in [0.25, 0.3) is 10.8 Å². The Morgan fingerprint density at radius 3 is 2.42 bits per heavy atom. The summed E-state index contributed by atoms with van der Waals surface area (Å²) in [6, 6.07) is 24.9. The molecule has 4 heteroatoms. The summed E-state index contributed by atoms with van der Waals surface area (Å²) in [5.74, 6) is 0.232. The maximum Gasteiger partial charge on any atom is 0.222 e. The number of hydrogen-bond donors (Lipinski definition) is 1. The minimum Gasteiger partial charge on any atom is -0.350 e. The molecule has 1 fully saturated rings. The summed E-state index contributed by atoms with van der Waals surface area (Å²) in [6.07, 6.45) is 3.16. The van der Waals surface area contributed by atoms with Crippen LogP contribution in [-0.4, -0.2) is 28.8 Å². The van der Waals surface area contributed by atoms with Crippen LogP contribution in [0.1, 0.15) is 43.7 Å². The molecule has 1 N–H and O–H groups in total. The zero-order valence-corrected chi connectivity index (χ0v) is 18.1. The molecule has 3 aromatic rings. The van der Waals surface area contributed by atoms with Gasteiger partial charge in [0.25, 0.3) is 0 Å². The maximum atomic E-state index is 13.0. The maximum absolute atomic E-state index is 13.0. The van der Waals surface area contributed by atoms with E-state index in [1.165, 1.54) is 16.3 Å². The molecule has 0 aromatic heterocycles. The van der Waals surface area contributed by atoms with Crippen molar-refractivity contribution in [2.45, 2.75) is 51.1 Å². The van der Waals surface area contributed by atoms with Gasteiger partial charge in [0.05, 0.1) is 0 Å². The van der Waals surface area contributed by atoms with Gasteiger partial charge >= 0.3 is 0 Å². The molecule has 1 aliphatic rings. The Labute approximate surface area is 184 Å². The average Bonchev–Trinajstić information content (AvgIpc) is 3.17. The van der Waals surface area contributed by atoms with Gasteiger partial charge in [-0.15, -0.1) is 0 Å². The molecule has 1 atom stereocenters. The van der Waals surface area contributed by atoms with Crippen LogP contribution in [0.3, 0.4) is 0 Å². The van der Waals surface area contributed by atoms with E-state index in [0.29, 0.717) is 32.4 Å². The first-order valence-corrected chi connectivity index (χ1v) is 11.2. The molecule has 0 aliphatic carbocycles. The van der Waals surface area contributed by atoms with E-state index in [-0.39, 0.29) is 17.4 Å². The summed E-state index contributed by atoms with van der Waals surface area (Å²) in [4.78, 5) is 27.0. The molecule has 0 saturated carbocycles. The highest BCUT2D eigenvalue weighted by atomic mass is 16.2. The highest BCUT2D eigenvalue weighted by Crippen LogP contribution is 2.31. The van der Waals surface area contributed by atoms with Crippen molar-refractivity contribution >= 4 is 22.6 Å². The SMILES string of the molecule is CCN(Cc1ccccc1)C(=O)CC[C@]1(Cc2ccc3ccccc3c2)CCC(=O)N1. The van der Waals surface area contributed by atoms with Gasteiger partial charge in [-0.1, -0.05) is 72.8 Å². The van der Waals surface area contributed by atoms with Crippen molar-refractivity contribution in [2.24, 2.45) is 0 Å². The van der Waals surface area contributed by atoms with E-state index in [9.17, 15) is 9.59 Å². The number of nitrogens with one attached hydrogen (secondary N) is 1. The second-order valence-electron chi connectivity index (χ2n) is 8.58. The van der Waals surface area contributed by atoms with E-state index in [1.54, 1.807) is 0 Å². The number of benzene rings is 3. The second kappa shape index (κ2) is 9.34. The van der Waals surface area contributed by atoms with E-state index >= 15 is 0 Å². The number of fused-ring (bicyclic) bond motifs is 1. The van der Waals surface area contributed by atoms with E-state index in [4.69, 9.17) is 0 Å². The fourth-order valence-corrected chi connectivity index (χ4v) is 4.61. The highest BCUT2D eigenvalue weighted by molar-refractivity contribution is 5.83. The van der Waals surface area contributed by atoms with Gasteiger partial charge in [-0.3, -0.25) is 9.59 Å². The third-order valence-corrected chi connectivity index (χ3v) is 6.36. The Morgan fingerprint density at radius 1 is 0.968 bits per heavy atom. The van der Waals surface area contributed by atoms with E-state index < -0.39 is 0 Å². The van der Waals surface area contributed by atoms with Gasteiger partial charge in [-0.05, 0) is 48.1 Å². The molecule has 4 nitrogen and oxygen atoms in total. The van der Waals surface area contributed by atoms with Gasteiger partial charge in [0.15, 0.2) is 0 Å². The summed E-state index contributed by atoms with van der Waals surface area (Å²) >= 11 is 0. The van der Waals surface area contributed by atoms with Gasteiger partial charge in [0.2, 0.25) is 11.8 Å². The summed E-state index contributed by atoms with van der Waals surface area (Å²) in [5.41, 5.74) is 1.99. The molecule has 1 heterocycles. The van der Waals surface area contributed by atoms with Crippen LogP contribution < -0.4 is 5.32 Å². The summed E-state index contributed by atoms with van der Waals surface area (Å²) in [7, 11) is 0. The van der Waals surface area contributed by atoms with Crippen LogP contribution in [0, 0.1) is 0 Å². The van der Waals surface area contributed by atoms with Crippen molar-refractivity contribution in [2.75, 3.05) is 6.54 Å². The first-order chi connectivity index (χ1) is 15.1. The quantitative estimate of drug-likeness (QED) is 0.572. The minimum atomic E-state index is -0.346. The lowest BCUT2D eigenvalue weighted by atomic mass is 9.84. The largest absolute Gasteiger partial charge is 0.350 e. The summed E-state index contributed by atoms with van der Waals surface area (Å²) in [6.45, 7) is 3.32. The van der Waals surface area contributed by atoms with Crippen LogP contribution >= 0.6 is 0 Å². The molecule has 0 bridgehead atoms. The normalized spacial score (nSPS) is 18.2. The van der Waals surface area contributed by atoms with Crippen LogP contribution in [0.2, 0.25) is 0 Å². The zero-order valence-electron chi connectivity index (χ0n) is 18.1. The predicted octanol–water partition coefficient (Wildman–Crippen LogP) is 4.86. The second-order valence-corrected chi connectivity index (χ2v) is 8.58. The monoisotopic (exact) mass is 414 g/mol. The predicted molar refractivity (Wildman–Crippen MR) is 125 cm³/mol. The van der Waals surface area contributed by atoms with Gasteiger partial charge in [-0.25, -0.2) is 0 Å². The van der Waals surface area contributed by atoms with Crippen molar-refractivity contribution in [1.82, 2.24) is 10.2 Å². The van der Waals surface area contributed by atoms with Gasteiger partial charge in [0.1, 0.15) is 0 Å². The molecule has 4 rings (SSSR count). The molecular formula is C27H30N2O2. The lowest BCUT2D eigenvalue weighted by Crippen LogP contribution is -2.44. The highest BCUT2D eigenvalue weighted by Gasteiger charge is 2.38. The van der Waals surface area contributed by atoms with E-state index in [0.717, 1.165) is 18.4 Å². The molecule has 0 unspecified atom stereocenters. The number of nitrogens with zero attached hydrogens (tertiary/aromatic N) is 1. The first kappa shape index (κ1) is 21.1. The number of rotatable bonds is 8. The topological polar surface area (TPSA) is 49.4 Å². The van der Waals surface area contributed by atoms with E-state index in [2.05, 4.69) is 35.6 Å². The number of carbonyl (C=O) groups excluding carboxylic acids is 2. The minimum absolute atomic E-state index is 0.0878. The van der Waals surface area contributed by atoms with Crippen molar-refractivity contribution in [3.05, 3.63) is 83.9 Å². The standard InChI is InChI=1S/C27H30N2O2/c1-2-29(20-21-8-4-3-5-9-21)26(31)15-17-27(16-14-25(30)28-27)19-22-12-13-23-10-6-7-11-24(23)18-22/h3-13,18H,2,14-17,19-20H2,1H3,(H,28,30)/t27-/m0/s1.